The molecule has 0 amide bonds. The van der Waals surface area contributed by atoms with Crippen LogP contribution in [0.15, 0.2) is 52.9 Å². The van der Waals surface area contributed by atoms with Gasteiger partial charge in [-0.25, -0.2) is 4.39 Å². The van der Waals surface area contributed by atoms with Crippen molar-refractivity contribution in [2.24, 2.45) is 0 Å². The molecule has 2 N–H and O–H groups in total. The number of rotatable bonds is 4. The molecule has 0 aliphatic heterocycles. The SMILES string of the molecule is O[C@H](CNc1nc2ccccc2o1)c1ccc(F)cc1. The number of aromatic nitrogens is 1. The molecule has 3 aromatic rings. The van der Waals surface area contributed by atoms with Crippen molar-refractivity contribution in [1.29, 1.82) is 0 Å². The van der Waals surface area contributed by atoms with E-state index in [1.54, 1.807) is 12.1 Å². The molecule has 0 radical (unpaired) electrons. The maximum Gasteiger partial charge on any atom is 0.295 e. The number of fused-ring (bicyclic) bond motifs is 1. The summed E-state index contributed by atoms with van der Waals surface area (Å²) in [6.45, 7) is 0.235. The molecule has 0 bridgehead atoms. The Morgan fingerprint density at radius 2 is 1.90 bits per heavy atom. The van der Waals surface area contributed by atoms with Gasteiger partial charge in [0.05, 0.1) is 6.10 Å². The number of nitrogens with one attached hydrogen (secondary N) is 1. The zero-order valence-corrected chi connectivity index (χ0v) is 10.6. The van der Waals surface area contributed by atoms with E-state index in [-0.39, 0.29) is 12.4 Å². The smallest absolute Gasteiger partial charge is 0.295 e. The summed E-state index contributed by atoms with van der Waals surface area (Å²) in [5.74, 6) is -0.326. The Morgan fingerprint density at radius 3 is 2.65 bits per heavy atom. The highest BCUT2D eigenvalue weighted by Gasteiger charge is 2.10. The van der Waals surface area contributed by atoms with Crippen molar-refractivity contribution in [2.45, 2.75) is 6.10 Å². The number of hydrogen-bond donors (Lipinski definition) is 2. The number of oxazole rings is 1. The number of anilines is 1. The van der Waals surface area contributed by atoms with Gasteiger partial charge in [0.15, 0.2) is 5.58 Å². The van der Waals surface area contributed by atoms with E-state index in [1.165, 1.54) is 12.1 Å². The average Bonchev–Trinajstić information content (AvgIpc) is 2.88. The molecular weight excluding hydrogens is 259 g/mol. The van der Waals surface area contributed by atoms with Crippen LogP contribution < -0.4 is 5.32 Å². The predicted octanol–water partition coefficient (Wildman–Crippen LogP) is 3.11. The lowest BCUT2D eigenvalue weighted by Gasteiger charge is -2.10. The number of benzene rings is 2. The molecule has 1 heterocycles. The van der Waals surface area contributed by atoms with Gasteiger partial charge in [-0.1, -0.05) is 24.3 Å². The fourth-order valence-electron chi connectivity index (χ4n) is 1.93. The lowest BCUT2D eigenvalue weighted by Crippen LogP contribution is -2.12. The molecule has 1 atom stereocenters. The van der Waals surface area contributed by atoms with Gasteiger partial charge in [0.25, 0.3) is 6.01 Å². The summed E-state index contributed by atoms with van der Waals surface area (Å²) in [7, 11) is 0. The largest absolute Gasteiger partial charge is 0.424 e. The fourth-order valence-corrected chi connectivity index (χ4v) is 1.93. The molecule has 0 saturated heterocycles. The summed E-state index contributed by atoms with van der Waals surface area (Å²) in [6.07, 6.45) is -0.759. The second-order valence-electron chi connectivity index (χ2n) is 4.43. The zero-order valence-electron chi connectivity index (χ0n) is 10.6. The van der Waals surface area contributed by atoms with Gasteiger partial charge >= 0.3 is 0 Å². The first-order valence-corrected chi connectivity index (χ1v) is 6.25. The van der Waals surface area contributed by atoms with E-state index in [2.05, 4.69) is 10.3 Å². The normalized spacial score (nSPS) is 12.5. The third-order valence-corrected chi connectivity index (χ3v) is 3.00. The van der Waals surface area contributed by atoms with E-state index < -0.39 is 6.10 Å². The Hall–Kier alpha value is -2.40. The van der Waals surface area contributed by atoms with Crippen molar-refractivity contribution in [3.8, 4) is 0 Å². The first-order chi connectivity index (χ1) is 9.72. The lowest BCUT2D eigenvalue weighted by atomic mass is 10.1. The maximum atomic E-state index is 12.8. The molecule has 5 heteroatoms. The lowest BCUT2D eigenvalue weighted by molar-refractivity contribution is 0.190. The summed E-state index contributed by atoms with van der Waals surface area (Å²) in [6, 6.07) is 13.5. The number of aliphatic hydroxyl groups is 1. The second-order valence-corrected chi connectivity index (χ2v) is 4.43. The van der Waals surface area contributed by atoms with Crippen molar-refractivity contribution in [3.05, 3.63) is 59.9 Å². The topological polar surface area (TPSA) is 58.3 Å². The monoisotopic (exact) mass is 272 g/mol. The number of nitrogens with zero attached hydrogens (tertiary/aromatic N) is 1. The van der Waals surface area contributed by atoms with Crippen molar-refractivity contribution in [2.75, 3.05) is 11.9 Å². The molecule has 0 aliphatic carbocycles. The van der Waals surface area contributed by atoms with Crippen molar-refractivity contribution in [1.82, 2.24) is 4.98 Å². The van der Waals surface area contributed by atoms with Crippen molar-refractivity contribution < 1.29 is 13.9 Å². The Bertz CT molecular complexity index is 676. The highest BCUT2D eigenvalue weighted by atomic mass is 19.1. The average molecular weight is 272 g/mol. The van der Waals surface area contributed by atoms with Gasteiger partial charge < -0.3 is 14.8 Å². The Labute approximate surface area is 114 Å². The first kappa shape index (κ1) is 12.6. The molecule has 0 saturated carbocycles. The Morgan fingerprint density at radius 1 is 1.15 bits per heavy atom. The van der Waals surface area contributed by atoms with E-state index >= 15 is 0 Å². The van der Waals surface area contributed by atoms with Gasteiger partial charge in [0, 0.05) is 6.54 Å². The first-order valence-electron chi connectivity index (χ1n) is 6.25. The number of halogens is 1. The maximum absolute atomic E-state index is 12.8. The standard InChI is InChI=1S/C15H13FN2O2/c16-11-7-5-10(6-8-11)13(19)9-17-15-18-12-3-1-2-4-14(12)20-15/h1-8,13,19H,9H2,(H,17,18)/t13-/m1/s1. The summed E-state index contributed by atoms with van der Waals surface area (Å²) in [5.41, 5.74) is 2.08. The minimum atomic E-state index is -0.759. The number of para-hydroxylation sites is 2. The second kappa shape index (κ2) is 5.30. The summed E-state index contributed by atoms with van der Waals surface area (Å²) >= 11 is 0. The fraction of sp³-hybridized carbons (Fsp3) is 0.133. The van der Waals surface area contributed by atoms with E-state index in [0.717, 1.165) is 5.52 Å². The van der Waals surface area contributed by atoms with E-state index in [9.17, 15) is 9.50 Å². The molecule has 0 unspecified atom stereocenters. The third-order valence-electron chi connectivity index (χ3n) is 3.00. The van der Waals surface area contributed by atoms with Crippen LogP contribution >= 0.6 is 0 Å². The molecule has 0 aliphatic rings. The molecule has 0 spiro atoms. The molecule has 1 aromatic heterocycles. The third kappa shape index (κ3) is 2.62. The van der Waals surface area contributed by atoms with E-state index in [0.29, 0.717) is 17.2 Å². The minimum Gasteiger partial charge on any atom is -0.424 e. The summed E-state index contributed by atoms with van der Waals surface area (Å²) in [5, 5.41) is 12.9. The summed E-state index contributed by atoms with van der Waals surface area (Å²) in [4.78, 5) is 4.24. The van der Waals surface area contributed by atoms with Crippen LogP contribution in [0, 0.1) is 5.82 Å². The van der Waals surface area contributed by atoms with Gasteiger partial charge in [-0.05, 0) is 29.8 Å². The van der Waals surface area contributed by atoms with Crippen molar-refractivity contribution in [3.63, 3.8) is 0 Å². The quantitative estimate of drug-likeness (QED) is 0.766. The Balaban J connectivity index is 1.68. The van der Waals surface area contributed by atoms with Crippen LogP contribution in [0.2, 0.25) is 0 Å². The summed E-state index contributed by atoms with van der Waals surface area (Å²) < 4.78 is 18.3. The van der Waals surface area contributed by atoms with Gasteiger partial charge in [-0.2, -0.15) is 4.98 Å². The van der Waals surface area contributed by atoms with Gasteiger partial charge in [0.1, 0.15) is 11.3 Å². The van der Waals surface area contributed by atoms with Gasteiger partial charge in [-0.3, -0.25) is 0 Å². The molecular formula is C15H13FN2O2. The molecule has 2 aromatic carbocycles. The van der Waals surface area contributed by atoms with Crippen LogP contribution in [-0.4, -0.2) is 16.6 Å². The highest BCUT2D eigenvalue weighted by molar-refractivity contribution is 5.74. The molecule has 3 rings (SSSR count). The highest BCUT2D eigenvalue weighted by Crippen LogP contribution is 2.19. The van der Waals surface area contributed by atoms with Crippen LogP contribution in [0.5, 0.6) is 0 Å². The van der Waals surface area contributed by atoms with Crippen LogP contribution in [0.4, 0.5) is 10.4 Å². The molecule has 0 fully saturated rings. The number of hydrogen-bond acceptors (Lipinski definition) is 4. The molecule has 4 nitrogen and oxygen atoms in total. The van der Waals surface area contributed by atoms with Crippen LogP contribution in [0.25, 0.3) is 11.1 Å². The van der Waals surface area contributed by atoms with E-state index in [1.807, 2.05) is 24.3 Å². The minimum absolute atomic E-state index is 0.235. The van der Waals surface area contributed by atoms with Gasteiger partial charge in [0.2, 0.25) is 0 Å². The zero-order chi connectivity index (χ0) is 13.9. The van der Waals surface area contributed by atoms with Crippen molar-refractivity contribution >= 4 is 17.1 Å². The number of aliphatic hydroxyl groups excluding tert-OH is 1. The predicted molar refractivity (Wildman–Crippen MR) is 73.9 cm³/mol. The van der Waals surface area contributed by atoms with Crippen LogP contribution in [-0.2, 0) is 0 Å². The Kier molecular flexibility index (Phi) is 3.35. The van der Waals surface area contributed by atoms with Crippen LogP contribution in [0.1, 0.15) is 11.7 Å². The molecule has 20 heavy (non-hydrogen) atoms. The van der Waals surface area contributed by atoms with E-state index in [4.69, 9.17) is 4.42 Å². The van der Waals surface area contributed by atoms with Gasteiger partial charge in [-0.15, -0.1) is 0 Å². The molecule has 102 valence electrons. The van der Waals surface area contributed by atoms with Crippen LogP contribution in [0.3, 0.4) is 0 Å².